The monoisotopic (exact) mass is 561 g/mol. The van der Waals surface area contributed by atoms with Crippen molar-refractivity contribution < 1.29 is 0 Å². The summed E-state index contributed by atoms with van der Waals surface area (Å²) in [6, 6.07) is 56.5. The number of nitrogens with zero attached hydrogens (tertiary/aromatic N) is 1. The molecule has 9 rings (SSSR count). The summed E-state index contributed by atoms with van der Waals surface area (Å²) >= 11 is 0. The first-order chi connectivity index (χ1) is 21.7. The fourth-order valence-electron chi connectivity index (χ4n) is 6.69. The zero-order valence-electron chi connectivity index (χ0n) is 24.7. The van der Waals surface area contributed by atoms with Gasteiger partial charge in [0.1, 0.15) is 0 Å². The molecule has 0 unspecified atom stereocenters. The van der Waals surface area contributed by atoms with Crippen LogP contribution >= 0.6 is 0 Å². The third-order valence-corrected chi connectivity index (χ3v) is 8.81. The molecule has 0 saturated heterocycles. The summed E-state index contributed by atoms with van der Waals surface area (Å²) < 4.78 is 0. The van der Waals surface area contributed by atoms with Crippen LogP contribution in [0.2, 0.25) is 0 Å². The van der Waals surface area contributed by atoms with Gasteiger partial charge in [-0.2, -0.15) is 0 Å². The van der Waals surface area contributed by atoms with Crippen LogP contribution in [0.1, 0.15) is 16.7 Å². The normalized spacial score (nSPS) is 12.2. The third kappa shape index (κ3) is 4.55. The van der Waals surface area contributed by atoms with Gasteiger partial charge in [0.2, 0.25) is 0 Å². The van der Waals surface area contributed by atoms with Gasteiger partial charge in [0.25, 0.3) is 0 Å². The van der Waals surface area contributed by atoms with E-state index in [2.05, 4.69) is 146 Å². The number of para-hydroxylation sites is 1. The Hall–Kier alpha value is -5.53. The van der Waals surface area contributed by atoms with Crippen LogP contribution in [0.15, 0.2) is 163 Å². The van der Waals surface area contributed by atoms with Crippen LogP contribution in [0.5, 0.6) is 0 Å². The van der Waals surface area contributed by atoms with Gasteiger partial charge in [-0.15, -0.1) is 0 Å². The zero-order valence-corrected chi connectivity index (χ0v) is 24.7. The second kappa shape index (κ2) is 10.9. The fraction of sp³-hybridized carbons (Fsp3) is 0.0465. The van der Waals surface area contributed by atoms with E-state index in [4.69, 9.17) is 4.99 Å². The molecule has 0 fully saturated rings. The standard InChI is InChI=1S/C36H23N.C7H8/c1-3-9-23(10-4-1)31-22-32(24-11-5-2-6-12-24)30-20-19-28-27(34-21-26-13-7-8-14-33(26)37-34)17-15-25-16-18-29(31)36(30)35(25)28;1-7-5-3-2-4-6-7/h1-20,22H,21H2;2-6H,1H3. The molecule has 1 nitrogen and oxygen atoms in total. The molecular weight excluding hydrogens is 530 g/mol. The predicted molar refractivity (Wildman–Crippen MR) is 189 cm³/mol. The van der Waals surface area contributed by atoms with Gasteiger partial charge in [0.05, 0.1) is 11.4 Å². The molecule has 0 N–H and O–H groups in total. The van der Waals surface area contributed by atoms with Crippen LogP contribution in [0.4, 0.5) is 5.69 Å². The van der Waals surface area contributed by atoms with Crippen molar-refractivity contribution in [2.24, 2.45) is 4.99 Å². The fourth-order valence-corrected chi connectivity index (χ4v) is 6.69. The Labute approximate surface area is 258 Å². The number of aryl methyl sites for hydroxylation is 1. The minimum absolute atomic E-state index is 0.880. The van der Waals surface area contributed by atoms with Gasteiger partial charge in [-0.25, -0.2) is 0 Å². The van der Waals surface area contributed by atoms with Crippen molar-refractivity contribution in [2.45, 2.75) is 13.3 Å². The maximum Gasteiger partial charge on any atom is 0.0669 e. The summed E-state index contributed by atoms with van der Waals surface area (Å²) in [4.78, 5) is 5.05. The molecule has 44 heavy (non-hydrogen) atoms. The lowest BCUT2D eigenvalue weighted by atomic mass is 9.84. The topological polar surface area (TPSA) is 12.4 Å². The van der Waals surface area contributed by atoms with Crippen LogP contribution in [-0.2, 0) is 6.42 Å². The molecule has 8 aromatic carbocycles. The highest BCUT2D eigenvalue weighted by atomic mass is 14.8. The lowest BCUT2D eigenvalue weighted by Crippen LogP contribution is -2.02. The van der Waals surface area contributed by atoms with Gasteiger partial charge in [0.15, 0.2) is 0 Å². The molecule has 1 heterocycles. The number of benzene rings is 8. The highest BCUT2D eigenvalue weighted by Crippen LogP contribution is 2.45. The van der Waals surface area contributed by atoms with E-state index in [-0.39, 0.29) is 0 Å². The average molecular weight is 562 g/mol. The van der Waals surface area contributed by atoms with E-state index in [1.807, 2.05) is 18.2 Å². The summed E-state index contributed by atoms with van der Waals surface area (Å²) in [6.07, 6.45) is 0.880. The van der Waals surface area contributed by atoms with Crippen LogP contribution < -0.4 is 0 Å². The summed E-state index contributed by atoms with van der Waals surface area (Å²) in [6.45, 7) is 2.08. The van der Waals surface area contributed by atoms with Crippen LogP contribution in [0.25, 0.3) is 54.6 Å². The maximum absolute atomic E-state index is 5.05. The summed E-state index contributed by atoms with van der Waals surface area (Å²) in [7, 11) is 0. The first kappa shape index (κ1) is 26.1. The van der Waals surface area contributed by atoms with E-state index < -0.39 is 0 Å². The molecule has 0 aliphatic carbocycles. The van der Waals surface area contributed by atoms with Crippen molar-refractivity contribution in [3.8, 4) is 22.3 Å². The lowest BCUT2D eigenvalue weighted by molar-refractivity contribution is 1.39. The Balaban J connectivity index is 0.000000367. The molecule has 8 aromatic rings. The third-order valence-electron chi connectivity index (χ3n) is 8.81. The second-order valence-corrected chi connectivity index (χ2v) is 11.6. The van der Waals surface area contributed by atoms with Gasteiger partial charge < -0.3 is 0 Å². The largest absolute Gasteiger partial charge is 0.252 e. The number of aliphatic imine (C=N–C) groups is 1. The Morgan fingerprint density at radius 1 is 0.455 bits per heavy atom. The number of fused-ring (bicyclic) bond motifs is 1. The summed E-state index contributed by atoms with van der Waals surface area (Å²) in [5, 5.41) is 7.83. The Kier molecular flexibility index (Phi) is 6.50. The molecule has 0 saturated carbocycles. The van der Waals surface area contributed by atoms with Gasteiger partial charge in [-0.05, 0) is 79.2 Å². The zero-order chi connectivity index (χ0) is 29.5. The minimum Gasteiger partial charge on any atom is -0.252 e. The van der Waals surface area contributed by atoms with Crippen molar-refractivity contribution in [1.29, 1.82) is 0 Å². The highest BCUT2D eigenvalue weighted by molar-refractivity contribution is 6.31. The first-order valence-corrected chi connectivity index (χ1v) is 15.3. The second-order valence-electron chi connectivity index (χ2n) is 11.6. The molecule has 208 valence electrons. The van der Waals surface area contributed by atoms with Crippen molar-refractivity contribution in [3.05, 3.63) is 174 Å². The first-order valence-electron chi connectivity index (χ1n) is 15.3. The SMILES string of the molecule is Cc1ccccc1.c1ccc(-c2cc(-c3ccccc3)c3ccc4c(C5=Nc6ccccc6C5)ccc5ccc2c3c54)cc1. The Bertz CT molecular complexity index is 2220. The van der Waals surface area contributed by atoms with E-state index in [9.17, 15) is 0 Å². The van der Waals surface area contributed by atoms with E-state index in [1.165, 1.54) is 71.3 Å². The Morgan fingerprint density at radius 3 is 1.57 bits per heavy atom. The van der Waals surface area contributed by atoms with Gasteiger partial charge in [0, 0.05) is 12.0 Å². The van der Waals surface area contributed by atoms with Crippen molar-refractivity contribution >= 4 is 43.7 Å². The molecule has 0 bridgehead atoms. The van der Waals surface area contributed by atoms with Gasteiger partial charge in [-0.3, -0.25) is 4.99 Å². The molecular formula is C43H31N. The highest BCUT2D eigenvalue weighted by Gasteiger charge is 2.21. The number of hydrogen-bond donors (Lipinski definition) is 0. The molecule has 0 amide bonds. The predicted octanol–water partition coefficient (Wildman–Crippen LogP) is 11.6. The number of hydrogen-bond acceptors (Lipinski definition) is 1. The van der Waals surface area contributed by atoms with Gasteiger partial charge >= 0.3 is 0 Å². The van der Waals surface area contributed by atoms with Crippen LogP contribution in [0.3, 0.4) is 0 Å². The summed E-state index contributed by atoms with van der Waals surface area (Å²) in [5.74, 6) is 0. The van der Waals surface area contributed by atoms with E-state index in [0.717, 1.165) is 17.8 Å². The molecule has 1 heteroatoms. The van der Waals surface area contributed by atoms with Crippen LogP contribution in [-0.4, -0.2) is 5.71 Å². The average Bonchev–Trinajstić information content (AvgIpc) is 3.52. The summed E-state index contributed by atoms with van der Waals surface area (Å²) in [5.41, 5.74) is 11.2. The minimum atomic E-state index is 0.880. The van der Waals surface area contributed by atoms with Crippen molar-refractivity contribution in [3.63, 3.8) is 0 Å². The van der Waals surface area contributed by atoms with Gasteiger partial charge in [-0.1, -0.05) is 151 Å². The molecule has 0 radical (unpaired) electrons. The molecule has 0 spiro atoms. The van der Waals surface area contributed by atoms with Crippen molar-refractivity contribution in [2.75, 3.05) is 0 Å². The van der Waals surface area contributed by atoms with Crippen LogP contribution in [0, 0.1) is 6.92 Å². The lowest BCUT2D eigenvalue weighted by Gasteiger charge is -2.19. The molecule has 1 aliphatic heterocycles. The van der Waals surface area contributed by atoms with E-state index in [1.54, 1.807) is 0 Å². The van der Waals surface area contributed by atoms with E-state index in [0.29, 0.717) is 0 Å². The molecule has 1 aliphatic rings. The quantitative estimate of drug-likeness (QED) is 0.190. The Morgan fingerprint density at radius 2 is 0.977 bits per heavy atom. The number of rotatable bonds is 3. The molecule has 0 aromatic heterocycles. The van der Waals surface area contributed by atoms with E-state index >= 15 is 0 Å². The van der Waals surface area contributed by atoms with Crippen molar-refractivity contribution in [1.82, 2.24) is 0 Å². The molecule has 0 atom stereocenters. The smallest absolute Gasteiger partial charge is 0.0669 e. The maximum atomic E-state index is 5.05.